The van der Waals surface area contributed by atoms with Crippen molar-refractivity contribution in [2.45, 2.75) is 0 Å². The molecule has 0 N–H and O–H groups in total. The zero-order chi connectivity index (χ0) is 11.5. The summed E-state index contributed by atoms with van der Waals surface area (Å²) in [6.45, 7) is 0. The Morgan fingerprint density at radius 2 is 1.88 bits per heavy atom. The summed E-state index contributed by atoms with van der Waals surface area (Å²) in [7, 11) is 4.00. The topological polar surface area (TPSA) is 27.0 Å². The average molecular weight is 228 g/mol. The molecular formula is C13H12N2S. The van der Waals surface area contributed by atoms with E-state index in [9.17, 15) is 0 Å². The summed E-state index contributed by atoms with van der Waals surface area (Å²) in [4.78, 5) is 2.80. The minimum atomic E-state index is 0.752. The van der Waals surface area contributed by atoms with Crippen LogP contribution in [-0.4, -0.2) is 14.1 Å². The fourth-order valence-corrected chi connectivity index (χ4v) is 2.49. The van der Waals surface area contributed by atoms with E-state index in [4.69, 9.17) is 5.26 Å². The van der Waals surface area contributed by atoms with Crippen LogP contribution in [0.25, 0.3) is 11.1 Å². The van der Waals surface area contributed by atoms with Gasteiger partial charge in [-0.2, -0.15) is 5.26 Å². The smallest absolute Gasteiger partial charge is 0.110 e. The molecule has 0 aliphatic rings. The van der Waals surface area contributed by atoms with E-state index < -0.39 is 0 Å². The number of nitrogens with zero attached hydrogens (tertiary/aromatic N) is 2. The summed E-state index contributed by atoms with van der Waals surface area (Å²) in [5.74, 6) is 0. The number of benzene rings is 1. The highest BCUT2D eigenvalue weighted by Crippen LogP contribution is 2.37. The van der Waals surface area contributed by atoms with Gasteiger partial charge in [0.1, 0.15) is 10.9 Å². The van der Waals surface area contributed by atoms with Gasteiger partial charge in [0.2, 0.25) is 0 Å². The molecule has 2 rings (SSSR count). The molecule has 0 bridgehead atoms. The van der Waals surface area contributed by atoms with Gasteiger partial charge in [0.05, 0.1) is 5.00 Å². The second kappa shape index (κ2) is 4.38. The molecule has 3 heteroatoms. The van der Waals surface area contributed by atoms with Crippen LogP contribution in [0.4, 0.5) is 5.00 Å². The molecule has 0 saturated carbocycles. The Kier molecular flexibility index (Phi) is 2.93. The molecule has 16 heavy (non-hydrogen) atoms. The molecule has 0 aliphatic heterocycles. The van der Waals surface area contributed by atoms with Crippen LogP contribution in [0.5, 0.6) is 0 Å². The van der Waals surface area contributed by atoms with Gasteiger partial charge in [-0.25, -0.2) is 0 Å². The molecule has 2 aromatic rings. The van der Waals surface area contributed by atoms with Gasteiger partial charge in [0.25, 0.3) is 0 Å². The van der Waals surface area contributed by atoms with E-state index in [1.165, 1.54) is 11.3 Å². The lowest BCUT2D eigenvalue weighted by atomic mass is 10.1. The zero-order valence-electron chi connectivity index (χ0n) is 9.27. The summed E-state index contributed by atoms with van der Waals surface area (Å²) >= 11 is 1.53. The molecule has 2 nitrogen and oxygen atoms in total. The third kappa shape index (κ3) is 1.93. The van der Waals surface area contributed by atoms with Crippen LogP contribution >= 0.6 is 11.3 Å². The van der Waals surface area contributed by atoms with Crippen LogP contribution < -0.4 is 4.90 Å². The molecule has 1 heterocycles. The lowest BCUT2D eigenvalue weighted by Gasteiger charge is -2.12. The van der Waals surface area contributed by atoms with Crippen LogP contribution in [-0.2, 0) is 0 Å². The number of rotatable bonds is 2. The monoisotopic (exact) mass is 228 g/mol. The number of thiophene rings is 1. The molecule has 0 fully saturated rings. The fourth-order valence-electron chi connectivity index (χ4n) is 1.59. The number of hydrogen-bond acceptors (Lipinski definition) is 3. The minimum Gasteiger partial charge on any atom is -0.369 e. The van der Waals surface area contributed by atoms with Gasteiger partial charge in [0, 0.05) is 19.7 Å². The number of hydrogen-bond donors (Lipinski definition) is 0. The van der Waals surface area contributed by atoms with E-state index >= 15 is 0 Å². The molecule has 0 unspecified atom stereocenters. The van der Waals surface area contributed by atoms with Crippen molar-refractivity contribution in [1.29, 1.82) is 5.26 Å². The van der Waals surface area contributed by atoms with E-state index in [-0.39, 0.29) is 0 Å². The Morgan fingerprint density at radius 1 is 1.19 bits per heavy atom. The molecule has 0 aliphatic carbocycles. The van der Waals surface area contributed by atoms with Gasteiger partial charge in [-0.1, -0.05) is 30.3 Å². The van der Waals surface area contributed by atoms with Crippen molar-refractivity contribution in [2.75, 3.05) is 19.0 Å². The Bertz CT molecular complexity index is 521. The summed E-state index contributed by atoms with van der Waals surface area (Å²) in [5.41, 5.74) is 2.29. The van der Waals surface area contributed by atoms with Crippen LogP contribution in [0.3, 0.4) is 0 Å². The third-order valence-electron chi connectivity index (χ3n) is 2.31. The highest BCUT2D eigenvalue weighted by Gasteiger charge is 2.11. The highest BCUT2D eigenvalue weighted by atomic mass is 32.1. The fraction of sp³-hybridized carbons (Fsp3) is 0.154. The molecular weight excluding hydrogens is 216 g/mol. The molecule has 1 aromatic carbocycles. The first-order valence-corrected chi connectivity index (χ1v) is 5.80. The SMILES string of the molecule is CN(C)c1sc(C#N)cc1-c1ccccc1. The van der Waals surface area contributed by atoms with Crippen LogP contribution in [0.1, 0.15) is 4.88 Å². The average Bonchev–Trinajstić information content (AvgIpc) is 2.74. The molecule has 0 atom stereocenters. The van der Waals surface area contributed by atoms with Crippen LogP contribution in [0, 0.1) is 11.3 Å². The van der Waals surface area contributed by atoms with Crippen LogP contribution in [0.2, 0.25) is 0 Å². The van der Waals surface area contributed by atoms with Crippen molar-refractivity contribution < 1.29 is 0 Å². The summed E-state index contributed by atoms with van der Waals surface area (Å²) in [6, 6.07) is 14.3. The second-order valence-corrected chi connectivity index (χ2v) is 4.73. The van der Waals surface area contributed by atoms with Gasteiger partial charge in [0.15, 0.2) is 0 Å². The summed E-state index contributed by atoms with van der Waals surface area (Å²) < 4.78 is 0. The summed E-state index contributed by atoms with van der Waals surface area (Å²) in [6.07, 6.45) is 0. The Balaban J connectivity index is 2.56. The maximum atomic E-state index is 8.95. The predicted molar refractivity (Wildman–Crippen MR) is 68.8 cm³/mol. The van der Waals surface area contributed by atoms with E-state index in [1.54, 1.807) is 0 Å². The van der Waals surface area contributed by atoms with Crippen molar-refractivity contribution >= 4 is 16.3 Å². The predicted octanol–water partition coefficient (Wildman–Crippen LogP) is 3.35. The van der Waals surface area contributed by atoms with Gasteiger partial charge in [-0.05, 0) is 11.6 Å². The van der Waals surface area contributed by atoms with Crippen LogP contribution in [0.15, 0.2) is 36.4 Å². The number of anilines is 1. The minimum absolute atomic E-state index is 0.752. The molecule has 0 spiro atoms. The van der Waals surface area contributed by atoms with E-state index in [0.717, 1.165) is 21.0 Å². The van der Waals surface area contributed by atoms with E-state index in [1.807, 2.05) is 43.3 Å². The Morgan fingerprint density at radius 3 is 2.44 bits per heavy atom. The van der Waals surface area contributed by atoms with Gasteiger partial charge in [-0.3, -0.25) is 0 Å². The van der Waals surface area contributed by atoms with Crippen molar-refractivity contribution in [3.63, 3.8) is 0 Å². The molecule has 0 radical (unpaired) electrons. The largest absolute Gasteiger partial charge is 0.369 e. The third-order valence-corrected chi connectivity index (χ3v) is 3.52. The van der Waals surface area contributed by atoms with Crippen molar-refractivity contribution in [2.24, 2.45) is 0 Å². The first kappa shape index (κ1) is 10.7. The first-order valence-electron chi connectivity index (χ1n) is 4.99. The Labute approximate surface area is 99.4 Å². The highest BCUT2D eigenvalue weighted by molar-refractivity contribution is 7.17. The van der Waals surface area contributed by atoms with E-state index in [2.05, 4.69) is 18.2 Å². The molecule has 1 aromatic heterocycles. The standard InChI is InChI=1S/C13H12N2S/c1-15(2)13-12(8-11(9-14)16-13)10-6-4-3-5-7-10/h3-8H,1-2H3. The molecule has 0 amide bonds. The quantitative estimate of drug-likeness (QED) is 0.788. The van der Waals surface area contributed by atoms with Crippen molar-refractivity contribution in [1.82, 2.24) is 0 Å². The zero-order valence-corrected chi connectivity index (χ0v) is 10.1. The van der Waals surface area contributed by atoms with Gasteiger partial charge in [-0.15, -0.1) is 11.3 Å². The normalized spacial score (nSPS) is 9.81. The lowest BCUT2D eigenvalue weighted by Crippen LogP contribution is -2.07. The van der Waals surface area contributed by atoms with E-state index in [0.29, 0.717) is 0 Å². The van der Waals surface area contributed by atoms with Crippen molar-refractivity contribution in [3.05, 3.63) is 41.3 Å². The number of nitriles is 1. The molecule has 80 valence electrons. The summed E-state index contributed by atoms with van der Waals surface area (Å²) in [5, 5.41) is 10.1. The maximum Gasteiger partial charge on any atom is 0.110 e. The van der Waals surface area contributed by atoms with Gasteiger partial charge < -0.3 is 4.90 Å². The first-order chi connectivity index (χ1) is 7.72. The molecule has 0 saturated heterocycles. The Hall–Kier alpha value is -1.79. The van der Waals surface area contributed by atoms with Gasteiger partial charge >= 0.3 is 0 Å². The second-order valence-electron chi connectivity index (χ2n) is 3.70. The van der Waals surface area contributed by atoms with Crippen molar-refractivity contribution in [3.8, 4) is 17.2 Å². The maximum absolute atomic E-state index is 8.95. The lowest BCUT2D eigenvalue weighted by molar-refractivity contribution is 1.16.